The predicted molar refractivity (Wildman–Crippen MR) is 148 cm³/mol. The molecule has 0 radical (unpaired) electrons. The van der Waals surface area contributed by atoms with Gasteiger partial charge in [-0.1, -0.05) is 36.4 Å². The normalized spacial score (nSPS) is 11.6. The Morgan fingerprint density at radius 1 is 0.641 bits per heavy atom. The van der Waals surface area contributed by atoms with Gasteiger partial charge in [-0.25, -0.2) is 13.2 Å². The van der Waals surface area contributed by atoms with Gasteiger partial charge in [0, 0.05) is 12.0 Å². The van der Waals surface area contributed by atoms with Gasteiger partial charge in [0.25, 0.3) is 0 Å². The molecule has 9 heteroatoms. The van der Waals surface area contributed by atoms with Crippen LogP contribution < -0.4 is 10.0 Å². The second kappa shape index (κ2) is 15.2. The zero-order valence-electron chi connectivity index (χ0n) is 24.4. The molecule has 0 amide bonds. The van der Waals surface area contributed by atoms with Crippen molar-refractivity contribution in [3.8, 4) is 0 Å². The fraction of sp³-hybridized carbons (Fsp3) is 0.400. The van der Waals surface area contributed by atoms with E-state index in [1.54, 1.807) is 18.2 Å². The predicted octanol–water partition coefficient (Wildman–Crippen LogP) is 3.59. The van der Waals surface area contributed by atoms with Gasteiger partial charge in [-0.15, -0.1) is 0 Å². The number of quaternary nitrogens is 2. The van der Waals surface area contributed by atoms with Crippen LogP contribution in [0.5, 0.6) is 0 Å². The van der Waals surface area contributed by atoms with Gasteiger partial charge in [0.05, 0.1) is 63.7 Å². The van der Waals surface area contributed by atoms with E-state index in [1.165, 1.54) is 54.6 Å². The molecule has 3 aromatic rings. The third-order valence-corrected chi connectivity index (χ3v) is 4.90. The molecule has 0 spiro atoms. The summed E-state index contributed by atoms with van der Waals surface area (Å²) in [5, 5.41) is 21.3. The summed E-state index contributed by atoms with van der Waals surface area (Å²) in [4.78, 5) is 0. The van der Waals surface area contributed by atoms with Gasteiger partial charge < -0.3 is 23.7 Å². The molecule has 0 aliphatic heterocycles. The first kappa shape index (κ1) is 34.3. The second-order valence-electron chi connectivity index (χ2n) is 12.1. The molecule has 0 aliphatic carbocycles. The van der Waals surface area contributed by atoms with Gasteiger partial charge in [-0.05, 0) is 65.9 Å². The van der Waals surface area contributed by atoms with E-state index in [1.807, 2.05) is 0 Å². The monoisotopic (exact) mass is 546 g/mol. The molecular weight excluding hydrogens is 504 g/mol. The lowest BCUT2D eigenvalue weighted by molar-refractivity contribution is -0.849. The number of nitrogens with zero attached hydrogens (tertiary/aromatic N) is 2. The maximum atomic E-state index is 14.1. The lowest BCUT2D eigenvalue weighted by atomic mass is 9.66. The summed E-state index contributed by atoms with van der Waals surface area (Å²) in [5.74, 6) is -1.47. The summed E-state index contributed by atoms with van der Waals surface area (Å²) in [5.41, 5.74) is 0.371. The first-order chi connectivity index (χ1) is 17.9. The van der Waals surface area contributed by atoms with E-state index in [9.17, 15) is 23.2 Å². The van der Waals surface area contributed by atoms with Crippen molar-refractivity contribution in [2.24, 2.45) is 0 Å². The highest BCUT2D eigenvalue weighted by atomic mass is 19.1. The van der Waals surface area contributed by atoms with E-state index in [2.05, 4.69) is 61.0 Å². The first-order valence-corrected chi connectivity index (χ1v) is 12.7. The van der Waals surface area contributed by atoms with Crippen LogP contribution >= 0.6 is 0 Å². The Morgan fingerprint density at radius 3 is 1.21 bits per heavy atom. The number of benzene rings is 3. The van der Waals surface area contributed by atoms with Crippen LogP contribution in [0.4, 0.5) is 13.2 Å². The van der Waals surface area contributed by atoms with Crippen LogP contribution in [0.2, 0.25) is 0 Å². The van der Waals surface area contributed by atoms with Gasteiger partial charge >= 0.3 is 0 Å². The summed E-state index contributed by atoms with van der Waals surface area (Å²) < 4.78 is 49.0. The molecule has 0 N–H and O–H groups in total. The fourth-order valence-electron chi connectivity index (χ4n) is 3.71. The SMILES string of the molecule is C[N+](C)(C)C.C[N+](C)(C)C.[O-]B([O-])OCCCC(c1cccc(F)c1)(c1cccc(F)c1)c1cccc(F)c1. The third-order valence-electron chi connectivity index (χ3n) is 4.90. The Labute approximate surface area is 232 Å². The molecule has 0 atom stereocenters. The highest BCUT2D eigenvalue weighted by molar-refractivity contribution is 6.28. The zero-order valence-corrected chi connectivity index (χ0v) is 24.4. The standard InChI is InChI=1S/C22H18BF3O3.2C4H12N/c24-19-8-1-5-16(13-19)22(11-4-12-29-23(27)28,17-6-2-9-20(25)14-17)18-7-3-10-21(26)15-18;2*1-5(2,3)4/h1-3,5-10,13-15H,4,11-12H2;2*1-4H3/q-2;2*+1. The number of rotatable bonds is 8. The highest BCUT2D eigenvalue weighted by Gasteiger charge is 2.36. The van der Waals surface area contributed by atoms with Crippen LogP contribution in [-0.2, 0) is 10.1 Å². The first-order valence-electron chi connectivity index (χ1n) is 12.7. The van der Waals surface area contributed by atoms with Crippen molar-refractivity contribution < 1.29 is 36.8 Å². The van der Waals surface area contributed by atoms with E-state index in [0.717, 1.165) is 8.97 Å². The molecule has 0 saturated carbocycles. The van der Waals surface area contributed by atoms with Crippen molar-refractivity contribution in [1.82, 2.24) is 0 Å². The van der Waals surface area contributed by atoms with Crippen LogP contribution in [-0.4, -0.2) is 79.3 Å². The Kier molecular flexibility index (Phi) is 13.4. The van der Waals surface area contributed by atoms with Crippen molar-refractivity contribution in [3.63, 3.8) is 0 Å². The summed E-state index contributed by atoms with van der Waals surface area (Å²) in [6, 6.07) is 17.5. The molecule has 3 rings (SSSR count). The molecule has 0 unspecified atom stereocenters. The van der Waals surface area contributed by atoms with Crippen LogP contribution in [0.1, 0.15) is 29.5 Å². The number of hydrogen-bond acceptors (Lipinski definition) is 3. The van der Waals surface area contributed by atoms with Crippen LogP contribution in [0.25, 0.3) is 0 Å². The molecule has 3 aromatic carbocycles. The molecule has 0 aliphatic rings. The van der Waals surface area contributed by atoms with E-state index >= 15 is 0 Å². The van der Waals surface area contributed by atoms with Gasteiger partial charge in [0.2, 0.25) is 0 Å². The van der Waals surface area contributed by atoms with Crippen molar-refractivity contribution in [2.75, 3.05) is 63.0 Å². The molecule has 39 heavy (non-hydrogen) atoms. The average molecular weight is 546 g/mol. The van der Waals surface area contributed by atoms with Crippen LogP contribution in [0, 0.1) is 17.5 Å². The van der Waals surface area contributed by atoms with E-state index in [0.29, 0.717) is 16.7 Å². The minimum Gasteiger partial charge on any atom is -0.871 e. The minimum absolute atomic E-state index is 0.126. The zero-order chi connectivity index (χ0) is 29.9. The van der Waals surface area contributed by atoms with Crippen molar-refractivity contribution >= 4 is 7.32 Å². The van der Waals surface area contributed by atoms with Gasteiger partial charge in [0.1, 0.15) is 17.5 Å². The summed E-state index contributed by atoms with van der Waals surface area (Å²) in [6.45, 7) is -0.126. The average Bonchev–Trinajstić information content (AvgIpc) is 2.77. The highest BCUT2D eigenvalue weighted by Crippen LogP contribution is 2.43. The van der Waals surface area contributed by atoms with Gasteiger partial charge in [-0.3, -0.25) is 0 Å². The Bertz CT molecular complexity index is 1010. The van der Waals surface area contributed by atoms with Crippen molar-refractivity contribution in [1.29, 1.82) is 0 Å². The molecule has 0 bridgehead atoms. The topological polar surface area (TPSA) is 55.3 Å². The Morgan fingerprint density at radius 2 is 0.949 bits per heavy atom. The maximum absolute atomic E-state index is 14.1. The number of hydrogen-bond donors (Lipinski definition) is 0. The molecule has 214 valence electrons. The number of halogens is 3. The van der Waals surface area contributed by atoms with E-state index in [4.69, 9.17) is 0 Å². The summed E-state index contributed by atoms with van der Waals surface area (Å²) in [6.07, 6.45) is 0.473. The van der Waals surface area contributed by atoms with Crippen molar-refractivity contribution in [3.05, 3.63) is 107 Å². The van der Waals surface area contributed by atoms with Gasteiger partial charge in [-0.2, -0.15) is 0 Å². The minimum atomic E-state index is -2.41. The molecule has 5 nitrogen and oxygen atoms in total. The Hall–Kier alpha value is -2.69. The van der Waals surface area contributed by atoms with Crippen LogP contribution in [0.3, 0.4) is 0 Å². The molecule has 0 fully saturated rings. The van der Waals surface area contributed by atoms with Crippen molar-refractivity contribution in [2.45, 2.75) is 18.3 Å². The maximum Gasteiger partial charge on any atom is 0.123 e. The molecular formula is C30H42BF3N2O3. The summed E-state index contributed by atoms with van der Waals surface area (Å²) >= 11 is 0. The quantitative estimate of drug-likeness (QED) is 0.188. The third kappa shape index (κ3) is 13.8. The second-order valence-corrected chi connectivity index (χ2v) is 12.1. The lowest BCUT2D eigenvalue weighted by Crippen LogP contribution is -2.48. The van der Waals surface area contributed by atoms with E-state index < -0.39 is 30.2 Å². The fourth-order valence-corrected chi connectivity index (χ4v) is 3.71. The van der Waals surface area contributed by atoms with E-state index in [-0.39, 0.29) is 19.4 Å². The molecule has 0 saturated heterocycles. The molecule has 0 aromatic heterocycles. The van der Waals surface area contributed by atoms with Gasteiger partial charge in [0.15, 0.2) is 0 Å². The lowest BCUT2D eigenvalue weighted by Gasteiger charge is -2.37. The smallest absolute Gasteiger partial charge is 0.123 e. The molecule has 0 heterocycles. The largest absolute Gasteiger partial charge is 0.871 e. The Balaban J connectivity index is 0.000000650. The summed E-state index contributed by atoms with van der Waals surface area (Å²) in [7, 11) is 14.6. The van der Waals surface area contributed by atoms with Crippen LogP contribution in [0.15, 0.2) is 72.8 Å².